The molecule has 1 aromatic rings. The number of hydrazine groups is 2. The predicted octanol–water partition coefficient (Wildman–Crippen LogP) is 2.90. The summed E-state index contributed by atoms with van der Waals surface area (Å²) in [5.41, 5.74) is 0.396. The highest BCUT2D eigenvalue weighted by atomic mass is 16.6. The van der Waals surface area contributed by atoms with Gasteiger partial charge in [-0.15, -0.1) is 0 Å². The first-order chi connectivity index (χ1) is 22.6. The molecule has 5 atom stereocenters. The fourth-order valence-electron chi connectivity index (χ4n) is 8.29. The summed E-state index contributed by atoms with van der Waals surface area (Å²) in [6.07, 6.45) is 0.296. The van der Waals surface area contributed by atoms with Gasteiger partial charge in [0.1, 0.15) is 5.54 Å². The van der Waals surface area contributed by atoms with Crippen LogP contribution >= 0.6 is 0 Å². The second kappa shape index (κ2) is 12.0. The molecule has 4 unspecified atom stereocenters. The second-order valence-electron chi connectivity index (χ2n) is 11.6. The molecular formula is C31H41N5O11. The van der Waals surface area contributed by atoms with Crippen molar-refractivity contribution in [2.45, 2.75) is 69.4 Å². The fraction of sp³-hybridized carbons (Fsp3) is 0.613. The van der Waals surface area contributed by atoms with Crippen molar-refractivity contribution in [1.82, 2.24) is 25.4 Å². The molecule has 16 heteroatoms. The van der Waals surface area contributed by atoms with Crippen LogP contribution in [-0.2, 0) is 35.5 Å². The number of rotatable bonds is 8. The minimum atomic E-state index is -1.62. The van der Waals surface area contributed by atoms with E-state index in [1.54, 1.807) is 40.9 Å². The number of benzene rings is 1. The average Bonchev–Trinajstić information content (AvgIpc) is 3.42. The van der Waals surface area contributed by atoms with Gasteiger partial charge in [-0.3, -0.25) is 4.90 Å². The fourth-order valence-corrected chi connectivity index (χ4v) is 8.29. The van der Waals surface area contributed by atoms with Crippen LogP contribution < -0.4 is 14.9 Å². The lowest BCUT2D eigenvalue weighted by Gasteiger charge is -2.73. The van der Waals surface area contributed by atoms with Gasteiger partial charge in [0, 0.05) is 25.3 Å². The molecule has 4 heterocycles. The van der Waals surface area contributed by atoms with E-state index in [1.165, 1.54) is 12.1 Å². The Kier molecular flexibility index (Phi) is 8.28. The quantitative estimate of drug-likeness (QED) is 0.248. The first-order valence-corrected chi connectivity index (χ1v) is 15.8. The van der Waals surface area contributed by atoms with Crippen LogP contribution in [0, 0.1) is 0 Å². The molecule has 0 radical (unpaired) electrons. The van der Waals surface area contributed by atoms with Crippen molar-refractivity contribution in [2.24, 2.45) is 0 Å². The molecule has 4 amide bonds. The third-order valence-corrected chi connectivity index (χ3v) is 9.78. The van der Waals surface area contributed by atoms with Crippen LogP contribution in [0.4, 0.5) is 19.2 Å². The highest BCUT2D eigenvalue weighted by Crippen LogP contribution is 2.70. The first kappa shape index (κ1) is 32.5. The number of fused-ring (bicyclic) bond motifs is 1. The highest BCUT2D eigenvalue weighted by molar-refractivity contribution is 5.81. The lowest BCUT2D eigenvalue weighted by molar-refractivity contribution is -0.314. The lowest BCUT2D eigenvalue weighted by atomic mass is 9.46. The minimum absolute atomic E-state index is 0.0287. The Hall–Kier alpha value is -4.44. The number of hydrogen-bond donors (Lipinski definition) is 1. The van der Waals surface area contributed by atoms with Crippen LogP contribution in [0.5, 0.6) is 11.5 Å². The number of methoxy groups -OCH3 is 2. The number of piperidine rings is 1. The summed E-state index contributed by atoms with van der Waals surface area (Å²) in [5, 5.41) is 3.53. The number of amides is 4. The molecule has 4 bridgehead atoms. The maximum absolute atomic E-state index is 14.3. The Morgan fingerprint density at radius 3 is 2.26 bits per heavy atom. The Bertz CT molecular complexity index is 1490. The number of likely N-dealkylation sites (tertiary alicyclic amines) is 1. The van der Waals surface area contributed by atoms with E-state index in [1.807, 2.05) is 23.1 Å². The van der Waals surface area contributed by atoms with Crippen LogP contribution in [0.25, 0.3) is 0 Å². The molecule has 1 aromatic carbocycles. The van der Waals surface area contributed by atoms with Gasteiger partial charge in [0.25, 0.3) is 0 Å². The molecule has 2 spiro atoms. The van der Waals surface area contributed by atoms with Crippen LogP contribution in [0.1, 0.15) is 45.2 Å². The zero-order valence-electron chi connectivity index (χ0n) is 27.4. The van der Waals surface area contributed by atoms with Gasteiger partial charge < -0.3 is 33.2 Å². The normalized spacial score (nSPS) is 29.0. The molecule has 2 saturated heterocycles. The van der Waals surface area contributed by atoms with Gasteiger partial charge in [-0.05, 0) is 58.2 Å². The van der Waals surface area contributed by atoms with Crippen molar-refractivity contribution in [2.75, 3.05) is 53.9 Å². The SMILES string of the molecule is CCOC(=O)NN(CN1CCC23c4c5ccc(OC)c4OC2C2(OC)C=CC3([C@@H]1C5)N(C(=O)OCC)N2C(=O)OCC)C(=O)OCC. The zero-order valence-corrected chi connectivity index (χ0v) is 27.4. The molecule has 2 aliphatic carbocycles. The maximum Gasteiger partial charge on any atom is 0.432 e. The van der Waals surface area contributed by atoms with Gasteiger partial charge in [0.15, 0.2) is 17.6 Å². The van der Waals surface area contributed by atoms with Crippen LogP contribution in [0.3, 0.4) is 0 Å². The molecule has 256 valence electrons. The van der Waals surface area contributed by atoms with Gasteiger partial charge in [0.05, 0.1) is 45.6 Å². The summed E-state index contributed by atoms with van der Waals surface area (Å²) in [5.74, 6) is 1.02. The topological polar surface area (TPSA) is 158 Å². The van der Waals surface area contributed by atoms with Crippen molar-refractivity contribution in [3.05, 3.63) is 35.4 Å². The van der Waals surface area contributed by atoms with Gasteiger partial charge >= 0.3 is 24.4 Å². The number of ether oxygens (including phenoxy) is 7. The van der Waals surface area contributed by atoms with Crippen molar-refractivity contribution in [1.29, 1.82) is 0 Å². The lowest BCUT2D eigenvalue weighted by Crippen LogP contribution is -2.92. The van der Waals surface area contributed by atoms with E-state index in [4.69, 9.17) is 33.2 Å². The third-order valence-electron chi connectivity index (χ3n) is 9.78. The Morgan fingerprint density at radius 1 is 0.936 bits per heavy atom. The highest BCUT2D eigenvalue weighted by Gasteiger charge is 2.84. The number of carbonyl (C=O) groups is 4. The molecule has 2 fully saturated rings. The minimum Gasteiger partial charge on any atom is -0.493 e. The van der Waals surface area contributed by atoms with Crippen molar-refractivity contribution in [3.8, 4) is 11.5 Å². The molecule has 7 rings (SSSR count). The summed E-state index contributed by atoms with van der Waals surface area (Å²) in [7, 11) is 3.01. The van der Waals surface area contributed by atoms with E-state index in [2.05, 4.69) is 5.43 Å². The van der Waals surface area contributed by atoms with E-state index >= 15 is 0 Å². The molecule has 1 N–H and O–H groups in total. The van der Waals surface area contributed by atoms with Crippen molar-refractivity contribution >= 4 is 24.4 Å². The molecular weight excluding hydrogens is 618 g/mol. The van der Waals surface area contributed by atoms with Crippen LogP contribution in [0.2, 0.25) is 0 Å². The zero-order chi connectivity index (χ0) is 33.7. The molecule has 47 heavy (non-hydrogen) atoms. The number of hydrogen-bond acceptors (Lipinski definition) is 12. The van der Waals surface area contributed by atoms with Crippen molar-refractivity contribution in [3.63, 3.8) is 0 Å². The summed E-state index contributed by atoms with van der Waals surface area (Å²) in [4.78, 5) is 55.9. The Labute approximate surface area is 272 Å². The number of nitrogens with one attached hydrogen (secondary N) is 1. The monoisotopic (exact) mass is 659 g/mol. The average molecular weight is 660 g/mol. The van der Waals surface area contributed by atoms with Gasteiger partial charge in [-0.25, -0.2) is 29.6 Å². The Morgan fingerprint density at radius 2 is 1.62 bits per heavy atom. The Balaban J connectivity index is 1.58. The summed E-state index contributed by atoms with van der Waals surface area (Å²) in [6, 6.07) is 3.20. The number of nitrogens with zero attached hydrogens (tertiary/aromatic N) is 4. The van der Waals surface area contributed by atoms with Gasteiger partial charge in [-0.1, -0.05) is 12.1 Å². The van der Waals surface area contributed by atoms with E-state index in [9.17, 15) is 19.2 Å². The van der Waals surface area contributed by atoms with E-state index in [0.29, 0.717) is 30.9 Å². The maximum atomic E-state index is 14.3. The smallest absolute Gasteiger partial charge is 0.432 e. The molecule has 0 aromatic heterocycles. The molecule has 6 aliphatic rings. The van der Waals surface area contributed by atoms with E-state index in [-0.39, 0.29) is 33.1 Å². The largest absolute Gasteiger partial charge is 0.493 e. The third kappa shape index (κ3) is 4.26. The summed E-state index contributed by atoms with van der Waals surface area (Å²) in [6.45, 7) is 7.14. The first-order valence-electron chi connectivity index (χ1n) is 15.8. The second-order valence-corrected chi connectivity index (χ2v) is 11.6. The van der Waals surface area contributed by atoms with Crippen LogP contribution in [0.15, 0.2) is 24.3 Å². The molecule has 0 saturated carbocycles. The molecule has 16 nitrogen and oxygen atoms in total. The van der Waals surface area contributed by atoms with Gasteiger partial charge in [-0.2, -0.15) is 10.0 Å². The number of carbonyl (C=O) groups excluding carboxylic acids is 4. The summed E-state index contributed by atoms with van der Waals surface area (Å²) < 4.78 is 40.3. The summed E-state index contributed by atoms with van der Waals surface area (Å²) >= 11 is 0. The van der Waals surface area contributed by atoms with Gasteiger partial charge in [0.2, 0.25) is 5.72 Å². The van der Waals surface area contributed by atoms with E-state index < -0.39 is 53.2 Å². The van der Waals surface area contributed by atoms with Crippen LogP contribution in [-0.4, -0.2) is 122 Å². The standard InChI is InChI=1S/C31H41N5O11/c1-7-43-25(37)32-34(26(38)44-8-2)18-33-16-15-29-22-19-11-12-20(41-5)23(22)47-24(29)31(42-6)14-13-30(29,21(33)17-19)35(27(39)45-9-3)36(31)28(40)46-10-4/h11-14,21,24H,7-10,15-18H2,1-6H3,(H,32,37)/t21-,24?,29?,30?,31?/m0/s1. The van der Waals surface area contributed by atoms with E-state index in [0.717, 1.165) is 21.1 Å². The predicted molar refractivity (Wildman–Crippen MR) is 161 cm³/mol. The molecule has 4 aliphatic heterocycles. The van der Waals surface area contributed by atoms with Crippen molar-refractivity contribution < 1.29 is 52.3 Å².